The van der Waals surface area contributed by atoms with Gasteiger partial charge in [-0.2, -0.15) is 0 Å². The number of nitrogens with zero attached hydrogens (tertiary/aromatic N) is 3. The van der Waals surface area contributed by atoms with E-state index in [1.165, 1.54) is 0 Å². The van der Waals surface area contributed by atoms with Gasteiger partial charge in [-0.3, -0.25) is 0 Å². The Kier molecular flexibility index (Phi) is 4.83. The molecule has 0 aliphatic rings. The highest BCUT2D eigenvalue weighted by Crippen LogP contribution is 2.39. The highest BCUT2D eigenvalue weighted by Gasteiger charge is 2.20. The Balaban J connectivity index is 1.32. The first-order valence-electron chi connectivity index (χ1n) is 13.9. The molecular formula is C37H21N3O2. The highest BCUT2D eigenvalue weighted by atomic mass is 16.3. The van der Waals surface area contributed by atoms with Crippen molar-refractivity contribution in [1.82, 2.24) is 15.0 Å². The second-order valence-electron chi connectivity index (χ2n) is 10.4. The fourth-order valence-corrected chi connectivity index (χ4v) is 5.90. The summed E-state index contributed by atoms with van der Waals surface area (Å²) < 4.78 is 12.7. The average Bonchev–Trinajstić information content (AvgIpc) is 3.66. The minimum absolute atomic E-state index is 0.569. The largest absolute Gasteiger partial charge is 0.456 e. The van der Waals surface area contributed by atoms with Crippen LogP contribution in [0.4, 0.5) is 0 Å². The molecular weight excluding hydrogens is 518 g/mol. The van der Waals surface area contributed by atoms with Gasteiger partial charge < -0.3 is 8.83 Å². The maximum atomic E-state index is 6.43. The lowest BCUT2D eigenvalue weighted by Gasteiger charge is -2.10. The standard InChI is InChI=1S/C37H21N3O2/c1-2-10-22(11-3-1)37-40-34-29(20-23-12-4-5-13-25(23)35(34)42-37)36-38-30-16-8-6-15-28(30)33(39-36)24-18-19-27-26-14-7-9-17-31(26)41-32(27)21-24/h1-21H. The Morgan fingerprint density at radius 2 is 1.21 bits per heavy atom. The zero-order valence-electron chi connectivity index (χ0n) is 22.3. The van der Waals surface area contributed by atoms with Crippen LogP contribution in [-0.2, 0) is 0 Å². The smallest absolute Gasteiger partial charge is 0.227 e. The van der Waals surface area contributed by atoms with Gasteiger partial charge in [0, 0.05) is 38.2 Å². The van der Waals surface area contributed by atoms with Gasteiger partial charge in [0.2, 0.25) is 5.89 Å². The summed E-state index contributed by atoms with van der Waals surface area (Å²) in [6, 6.07) is 42.8. The van der Waals surface area contributed by atoms with E-state index in [-0.39, 0.29) is 0 Å². The number of hydrogen-bond acceptors (Lipinski definition) is 5. The van der Waals surface area contributed by atoms with Crippen LogP contribution in [-0.4, -0.2) is 15.0 Å². The van der Waals surface area contributed by atoms with Gasteiger partial charge in [0.15, 0.2) is 11.4 Å². The molecule has 0 aliphatic carbocycles. The molecule has 42 heavy (non-hydrogen) atoms. The molecule has 6 aromatic carbocycles. The molecule has 0 aliphatic heterocycles. The van der Waals surface area contributed by atoms with Crippen molar-refractivity contribution in [2.24, 2.45) is 0 Å². The monoisotopic (exact) mass is 539 g/mol. The lowest BCUT2D eigenvalue weighted by molar-refractivity contribution is 0.623. The van der Waals surface area contributed by atoms with Crippen molar-refractivity contribution >= 4 is 54.7 Å². The minimum atomic E-state index is 0.569. The summed E-state index contributed by atoms with van der Waals surface area (Å²) in [4.78, 5) is 15.3. The molecule has 0 saturated carbocycles. The second kappa shape index (κ2) is 8.85. The maximum Gasteiger partial charge on any atom is 0.227 e. The Hall–Kier alpha value is -5.81. The zero-order chi connectivity index (χ0) is 27.6. The van der Waals surface area contributed by atoms with Crippen LogP contribution >= 0.6 is 0 Å². The normalized spacial score (nSPS) is 11.8. The van der Waals surface area contributed by atoms with Crippen LogP contribution in [0.25, 0.3) is 88.8 Å². The quantitative estimate of drug-likeness (QED) is 0.224. The van der Waals surface area contributed by atoms with Crippen molar-refractivity contribution in [2.45, 2.75) is 0 Å². The molecule has 0 N–H and O–H groups in total. The summed E-state index contributed by atoms with van der Waals surface area (Å²) in [5.41, 5.74) is 7.57. The van der Waals surface area contributed by atoms with E-state index in [4.69, 9.17) is 23.8 Å². The first kappa shape index (κ1) is 22.9. The Morgan fingerprint density at radius 1 is 0.476 bits per heavy atom. The topological polar surface area (TPSA) is 65.0 Å². The van der Waals surface area contributed by atoms with E-state index in [2.05, 4.69) is 48.5 Å². The lowest BCUT2D eigenvalue weighted by Crippen LogP contribution is -1.96. The summed E-state index contributed by atoms with van der Waals surface area (Å²) in [5.74, 6) is 1.16. The molecule has 0 fully saturated rings. The molecule has 3 aromatic heterocycles. The molecule has 3 heterocycles. The van der Waals surface area contributed by atoms with Crippen molar-refractivity contribution in [3.63, 3.8) is 0 Å². The van der Waals surface area contributed by atoms with Crippen LogP contribution in [0.3, 0.4) is 0 Å². The van der Waals surface area contributed by atoms with Crippen molar-refractivity contribution < 1.29 is 8.83 Å². The maximum absolute atomic E-state index is 6.43. The third-order valence-electron chi connectivity index (χ3n) is 7.90. The van der Waals surface area contributed by atoms with Gasteiger partial charge in [0.05, 0.1) is 11.2 Å². The molecule has 0 bridgehead atoms. The summed E-state index contributed by atoms with van der Waals surface area (Å²) in [7, 11) is 0. The van der Waals surface area contributed by atoms with E-state index >= 15 is 0 Å². The highest BCUT2D eigenvalue weighted by molar-refractivity contribution is 6.10. The molecule has 5 nitrogen and oxygen atoms in total. The second-order valence-corrected chi connectivity index (χ2v) is 10.4. The van der Waals surface area contributed by atoms with Crippen LogP contribution in [0.15, 0.2) is 136 Å². The molecule has 0 amide bonds. The van der Waals surface area contributed by atoms with E-state index in [0.717, 1.165) is 77.1 Å². The number of hydrogen-bond donors (Lipinski definition) is 0. The van der Waals surface area contributed by atoms with Gasteiger partial charge in [-0.25, -0.2) is 15.0 Å². The molecule has 0 saturated heterocycles. The average molecular weight is 540 g/mol. The van der Waals surface area contributed by atoms with Gasteiger partial charge in [-0.1, -0.05) is 84.9 Å². The number of para-hydroxylation sites is 2. The molecule has 0 unspecified atom stereocenters. The lowest BCUT2D eigenvalue weighted by atomic mass is 10.0. The molecule has 5 heteroatoms. The number of rotatable bonds is 3. The minimum Gasteiger partial charge on any atom is -0.456 e. The van der Waals surface area contributed by atoms with Gasteiger partial charge in [0.1, 0.15) is 16.7 Å². The number of furan rings is 1. The van der Waals surface area contributed by atoms with Crippen molar-refractivity contribution in [2.75, 3.05) is 0 Å². The van der Waals surface area contributed by atoms with E-state index < -0.39 is 0 Å². The number of oxazole rings is 1. The number of fused-ring (bicyclic) bond motifs is 7. The van der Waals surface area contributed by atoms with Gasteiger partial charge in [0.25, 0.3) is 0 Å². The van der Waals surface area contributed by atoms with E-state index in [9.17, 15) is 0 Å². The SMILES string of the molecule is c1ccc(-c2nc3c(-c4nc(-c5ccc6c(c5)oc5ccccc56)c5ccccc5n4)cc4ccccc4c3o2)cc1. The summed E-state index contributed by atoms with van der Waals surface area (Å²) in [6.45, 7) is 0. The van der Waals surface area contributed by atoms with Crippen LogP contribution in [0.2, 0.25) is 0 Å². The first-order chi connectivity index (χ1) is 20.8. The Labute approximate surface area is 239 Å². The predicted octanol–water partition coefficient (Wildman–Crippen LogP) is 9.82. The molecule has 196 valence electrons. The van der Waals surface area contributed by atoms with Gasteiger partial charge in [-0.05, 0) is 47.9 Å². The van der Waals surface area contributed by atoms with Crippen molar-refractivity contribution in [1.29, 1.82) is 0 Å². The molecule has 9 aromatic rings. The third-order valence-corrected chi connectivity index (χ3v) is 7.90. The van der Waals surface area contributed by atoms with E-state index in [1.54, 1.807) is 0 Å². The van der Waals surface area contributed by atoms with E-state index in [0.29, 0.717) is 11.7 Å². The molecule has 0 spiro atoms. The van der Waals surface area contributed by atoms with Gasteiger partial charge >= 0.3 is 0 Å². The molecule has 0 atom stereocenters. The van der Waals surface area contributed by atoms with E-state index in [1.807, 2.05) is 78.9 Å². The van der Waals surface area contributed by atoms with Crippen LogP contribution in [0, 0.1) is 0 Å². The zero-order valence-corrected chi connectivity index (χ0v) is 22.3. The molecule has 9 rings (SSSR count). The fraction of sp³-hybridized carbons (Fsp3) is 0. The summed E-state index contributed by atoms with van der Waals surface area (Å²) in [5, 5.41) is 5.20. The first-order valence-corrected chi connectivity index (χ1v) is 13.9. The van der Waals surface area contributed by atoms with Crippen LogP contribution in [0.5, 0.6) is 0 Å². The van der Waals surface area contributed by atoms with Crippen molar-refractivity contribution in [3.05, 3.63) is 127 Å². The summed E-state index contributed by atoms with van der Waals surface area (Å²) in [6.07, 6.45) is 0. The predicted molar refractivity (Wildman–Crippen MR) is 168 cm³/mol. The van der Waals surface area contributed by atoms with Gasteiger partial charge in [-0.15, -0.1) is 0 Å². The van der Waals surface area contributed by atoms with Crippen LogP contribution < -0.4 is 0 Å². The fourth-order valence-electron chi connectivity index (χ4n) is 5.90. The molecule has 0 radical (unpaired) electrons. The Morgan fingerprint density at radius 3 is 2.12 bits per heavy atom. The Bertz CT molecular complexity index is 2470. The van der Waals surface area contributed by atoms with Crippen LogP contribution in [0.1, 0.15) is 0 Å². The summed E-state index contributed by atoms with van der Waals surface area (Å²) >= 11 is 0. The number of aromatic nitrogens is 3. The van der Waals surface area contributed by atoms with Crippen molar-refractivity contribution in [3.8, 4) is 34.1 Å². The number of benzene rings is 6. The third kappa shape index (κ3) is 3.47.